The lowest BCUT2D eigenvalue weighted by Crippen LogP contribution is -2.32. The van der Waals surface area contributed by atoms with Crippen LogP contribution in [0.2, 0.25) is 0 Å². The number of nitrogens with zero attached hydrogens (tertiary/aromatic N) is 1. The Kier molecular flexibility index (Phi) is 7.33. The summed E-state index contributed by atoms with van der Waals surface area (Å²) >= 11 is 0. The Hall–Kier alpha value is -3.61. The SMILES string of the molecule is C=CCN(C(=O)OCc1ccccc1)c1cc(NCC(C)=O)cc(C(=O)O)c1. The minimum Gasteiger partial charge on any atom is -0.478 e. The van der Waals surface area contributed by atoms with E-state index in [0.29, 0.717) is 11.4 Å². The molecule has 0 aliphatic carbocycles. The van der Waals surface area contributed by atoms with Gasteiger partial charge in [0.1, 0.15) is 12.4 Å². The van der Waals surface area contributed by atoms with Gasteiger partial charge in [-0.05, 0) is 30.7 Å². The molecule has 0 saturated heterocycles. The van der Waals surface area contributed by atoms with Gasteiger partial charge < -0.3 is 15.2 Å². The summed E-state index contributed by atoms with van der Waals surface area (Å²) in [6.07, 6.45) is 0.878. The summed E-state index contributed by atoms with van der Waals surface area (Å²) in [5, 5.41) is 12.2. The molecule has 0 aliphatic heterocycles. The molecule has 0 unspecified atom stereocenters. The maximum absolute atomic E-state index is 12.6. The van der Waals surface area contributed by atoms with E-state index in [4.69, 9.17) is 4.74 Å². The van der Waals surface area contributed by atoms with Crippen LogP contribution in [-0.4, -0.2) is 36.0 Å². The zero-order valence-corrected chi connectivity index (χ0v) is 15.6. The van der Waals surface area contributed by atoms with Crippen LogP contribution in [0.5, 0.6) is 0 Å². The lowest BCUT2D eigenvalue weighted by molar-refractivity contribution is -0.115. The van der Waals surface area contributed by atoms with Gasteiger partial charge in [-0.15, -0.1) is 6.58 Å². The van der Waals surface area contributed by atoms with Gasteiger partial charge in [-0.2, -0.15) is 0 Å². The van der Waals surface area contributed by atoms with E-state index in [2.05, 4.69) is 11.9 Å². The number of carbonyl (C=O) groups excluding carboxylic acids is 2. The monoisotopic (exact) mass is 382 g/mol. The summed E-state index contributed by atoms with van der Waals surface area (Å²) < 4.78 is 5.35. The lowest BCUT2D eigenvalue weighted by atomic mass is 10.1. The summed E-state index contributed by atoms with van der Waals surface area (Å²) in [6.45, 7) is 5.31. The van der Waals surface area contributed by atoms with Crippen molar-refractivity contribution in [2.45, 2.75) is 13.5 Å². The Morgan fingerprint density at radius 2 is 1.89 bits per heavy atom. The highest BCUT2D eigenvalue weighted by atomic mass is 16.6. The molecule has 1 amide bonds. The van der Waals surface area contributed by atoms with E-state index in [-0.39, 0.29) is 31.0 Å². The molecule has 0 radical (unpaired) electrons. The number of Topliss-reactive ketones (excluding diaryl/α,β-unsaturated/α-hetero) is 1. The molecule has 0 bridgehead atoms. The van der Waals surface area contributed by atoms with Crippen molar-refractivity contribution in [1.82, 2.24) is 0 Å². The van der Waals surface area contributed by atoms with Crippen molar-refractivity contribution >= 4 is 29.2 Å². The maximum atomic E-state index is 12.6. The normalized spacial score (nSPS) is 10.0. The number of carboxylic acid groups (broad SMARTS) is 1. The molecule has 2 aromatic carbocycles. The molecule has 0 spiro atoms. The molecule has 2 rings (SSSR count). The van der Waals surface area contributed by atoms with E-state index in [9.17, 15) is 19.5 Å². The topological polar surface area (TPSA) is 95.9 Å². The third-order valence-corrected chi connectivity index (χ3v) is 3.76. The molecule has 7 nitrogen and oxygen atoms in total. The molecule has 28 heavy (non-hydrogen) atoms. The number of hydrogen-bond acceptors (Lipinski definition) is 5. The fourth-order valence-corrected chi connectivity index (χ4v) is 2.43. The lowest BCUT2D eigenvalue weighted by Gasteiger charge is -2.22. The Morgan fingerprint density at radius 3 is 2.50 bits per heavy atom. The fourth-order valence-electron chi connectivity index (χ4n) is 2.43. The molecule has 2 N–H and O–H groups in total. The number of carboxylic acids is 1. The third-order valence-electron chi connectivity index (χ3n) is 3.76. The Labute approximate surface area is 163 Å². The molecule has 0 heterocycles. The van der Waals surface area contributed by atoms with E-state index in [1.54, 1.807) is 6.07 Å². The van der Waals surface area contributed by atoms with Gasteiger partial charge in [-0.1, -0.05) is 36.4 Å². The molecule has 0 fully saturated rings. The third kappa shape index (κ3) is 5.98. The van der Waals surface area contributed by atoms with E-state index >= 15 is 0 Å². The summed E-state index contributed by atoms with van der Waals surface area (Å²) in [5.74, 6) is -1.25. The number of nitrogens with one attached hydrogen (secondary N) is 1. The van der Waals surface area contributed by atoms with Crippen LogP contribution >= 0.6 is 0 Å². The highest BCUT2D eigenvalue weighted by Crippen LogP contribution is 2.24. The van der Waals surface area contributed by atoms with Gasteiger partial charge in [0.25, 0.3) is 0 Å². The number of rotatable bonds is 9. The number of ether oxygens (including phenoxy) is 1. The van der Waals surface area contributed by atoms with Crippen LogP contribution in [-0.2, 0) is 16.1 Å². The van der Waals surface area contributed by atoms with Gasteiger partial charge in [0.15, 0.2) is 0 Å². The molecule has 0 aliphatic rings. The number of carbonyl (C=O) groups is 3. The molecular formula is C21H22N2O5. The Bertz CT molecular complexity index is 864. The largest absolute Gasteiger partial charge is 0.478 e. The van der Waals surface area contributed by atoms with Crippen LogP contribution in [0, 0.1) is 0 Å². The van der Waals surface area contributed by atoms with Crippen molar-refractivity contribution in [3.05, 3.63) is 72.3 Å². The quantitative estimate of drug-likeness (QED) is 0.642. The number of anilines is 2. The summed E-state index contributed by atoms with van der Waals surface area (Å²) in [7, 11) is 0. The van der Waals surface area contributed by atoms with Crippen molar-refractivity contribution in [2.75, 3.05) is 23.3 Å². The van der Waals surface area contributed by atoms with Crippen LogP contribution in [0.4, 0.5) is 16.2 Å². The van der Waals surface area contributed by atoms with E-state index in [1.165, 1.54) is 30.0 Å². The second-order valence-corrected chi connectivity index (χ2v) is 6.07. The van der Waals surface area contributed by atoms with Gasteiger partial charge in [-0.25, -0.2) is 9.59 Å². The zero-order chi connectivity index (χ0) is 20.5. The number of hydrogen-bond donors (Lipinski definition) is 2. The van der Waals surface area contributed by atoms with Crippen LogP contribution < -0.4 is 10.2 Å². The predicted octanol–water partition coefficient (Wildman–Crippen LogP) is 3.71. The van der Waals surface area contributed by atoms with Gasteiger partial charge in [0.2, 0.25) is 0 Å². The summed E-state index contributed by atoms with van der Waals surface area (Å²) in [4.78, 5) is 36.5. The van der Waals surface area contributed by atoms with Crippen LogP contribution in [0.25, 0.3) is 0 Å². The molecule has 0 aromatic heterocycles. The summed E-state index contributed by atoms with van der Waals surface area (Å²) in [5.41, 5.74) is 1.55. The number of amides is 1. The van der Waals surface area contributed by atoms with E-state index < -0.39 is 12.1 Å². The predicted molar refractivity (Wildman–Crippen MR) is 107 cm³/mol. The first-order chi connectivity index (χ1) is 13.4. The molecule has 2 aromatic rings. The van der Waals surface area contributed by atoms with Crippen molar-refractivity contribution in [2.24, 2.45) is 0 Å². The first-order valence-corrected chi connectivity index (χ1v) is 8.61. The maximum Gasteiger partial charge on any atom is 0.414 e. The van der Waals surface area contributed by atoms with Gasteiger partial charge in [-0.3, -0.25) is 9.69 Å². The van der Waals surface area contributed by atoms with E-state index in [0.717, 1.165) is 5.56 Å². The zero-order valence-electron chi connectivity index (χ0n) is 15.6. The fraction of sp³-hybridized carbons (Fsp3) is 0.190. The smallest absolute Gasteiger partial charge is 0.414 e. The Balaban J connectivity index is 2.26. The minimum absolute atomic E-state index is 0.0199. The molecule has 7 heteroatoms. The number of benzene rings is 2. The van der Waals surface area contributed by atoms with Gasteiger partial charge in [0, 0.05) is 12.2 Å². The minimum atomic E-state index is -1.15. The van der Waals surface area contributed by atoms with Gasteiger partial charge >= 0.3 is 12.1 Å². The highest BCUT2D eigenvalue weighted by Gasteiger charge is 2.19. The number of ketones is 1. The van der Waals surface area contributed by atoms with E-state index in [1.807, 2.05) is 30.3 Å². The molecule has 0 atom stereocenters. The molecule has 146 valence electrons. The molecular weight excluding hydrogens is 360 g/mol. The van der Waals surface area contributed by atoms with Crippen molar-refractivity contribution in [1.29, 1.82) is 0 Å². The van der Waals surface area contributed by atoms with Crippen molar-refractivity contribution < 1.29 is 24.2 Å². The first-order valence-electron chi connectivity index (χ1n) is 8.61. The second kappa shape index (κ2) is 9.91. The van der Waals surface area contributed by atoms with Crippen LogP contribution in [0.3, 0.4) is 0 Å². The summed E-state index contributed by atoms with van der Waals surface area (Å²) in [6, 6.07) is 13.6. The van der Waals surface area contributed by atoms with Crippen molar-refractivity contribution in [3.63, 3.8) is 0 Å². The number of aromatic carboxylic acids is 1. The standard InChI is InChI=1S/C21H22N2O5/c1-3-9-23(21(27)28-14-16-7-5-4-6-8-16)19-11-17(20(25)26)10-18(12-19)22-13-15(2)24/h3-8,10-12,22H,1,9,13-14H2,2H3,(H,25,26). The highest BCUT2D eigenvalue weighted by molar-refractivity contribution is 5.94. The Morgan fingerprint density at radius 1 is 1.18 bits per heavy atom. The van der Waals surface area contributed by atoms with Gasteiger partial charge in [0.05, 0.1) is 17.8 Å². The first kappa shape index (κ1) is 20.7. The van der Waals surface area contributed by atoms with Crippen molar-refractivity contribution in [3.8, 4) is 0 Å². The average molecular weight is 382 g/mol. The van der Waals surface area contributed by atoms with Crippen LogP contribution in [0.1, 0.15) is 22.8 Å². The molecule has 0 saturated carbocycles. The van der Waals surface area contributed by atoms with Crippen LogP contribution in [0.15, 0.2) is 61.2 Å². The second-order valence-electron chi connectivity index (χ2n) is 6.07. The average Bonchev–Trinajstić information content (AvgIpc) is 2.69.